The van der Waals surface area contributed by atoms with E-state index in [-0.39, 0.29) is 18.4 Å². The van der Waals surface area contributed by atoms with E-state index in [1.54, 1.807) is 18.3 Å². The van der Waals surface area contributed by atoms with Crippen LogP contribution in [0.3, 0.4) is 0 Å². The second kappa shape index (κ2) is 10.1. The second-order valence-electron chi connectivity index (χ2n) is 9.08. The van der Waals surface area contributed by atoms with Gasteiger partial charge in [-0.05, 0) is 72.8 Å². The van der Waals surface area contributed by atoms with Crippen LogP contribution in [0, 0.1) is 0 Å². The maximum absolute atomic E-state index is 12.9. The van der Waals surface area contributed by atoms with Gasteiger partial charge in [0.05, 0.1) is 13.7 Å². The molecular formula is C29H28N5O3+. The molecule has 8 heteroatoms. The van der Waals surface area contributed by atoms with Gasteiger partial charge < -0.3 is 26.0 Å². The molecule has 186 valence electrons. The molecule has 4 aromatic rings. The van der Waals surface area contributed by atoms with Crippen LogP contribution in [-0.2, 0) is 0 Å². The van der Waals surface area contributed by atoms with Gasteiger partial charge in [0.2, 0.25) is 0 Å². The number of fused-ring (bicyclic) bond motifs is 1. The number of aromatic amines is 1. The number of nitrogens with one attached hydrogen (secondary N) is 4. The van der Waals surface area contributed by atoms with Gasteiger partial charge >= 0.3 is 0 Å². The monoisotopic (exact) mass is 494 g/mol. The van der Waals surface area contributed by atoms with Gasteiger partial charge in [-0.15, -0.1) is 0 Å². The molecule has 0 saturated heterocycles. The first-order chi connectivity index (χ1) is 17.9. The standard InChI is InChI=1S/C29H27N5O3/c1-34(17-18-35)16-14-20-4-5-21(19-27(20)34)28(36)32-24-10-6-22(7-11-24)31-23-8-12-25(13-9-23)33-29(37)26-3-2-15-30-26/h2-16,19,31,35H,17-18H2,1H3,(H2-,30,32,33,36,37)/p+1. The van der Waals surface area contributed by atoms with Gasteiger partial charge in [-0.2, -0.15) is 0 Å². The van der Waals surface area contributed by atoms with E-state index in [4.69, 9.17) is 0 Å². The van der Waals surface area contributed by atoms with Gasteiger partial charge in [0, 0.05) is 52.2 Å². The van der Waals surface area contributed by atoms with Crippen molar-refractivity contribution in [3.63, 3.8) is 0 Å². The van der Waals surface area contributed by atoms with Crippen molar-refractivity contribution < 1.29 is 14.7 Å². The number of nitrogens with zero attached hydrogens (tertiary/aromatic N) is 1. The predicted molar refractivity (Wildman–Crippen MR) is 148 cm³/mol. The van der Waals surface area contributed by atoms with E-state index in [1.807, 2.05) is 86.1 Å². The number of amides is 2. The smallest absolute Gasteiger partial charge is 0.272 e. The first-order valence-electron chi connectivity index (χ1n) is 12.0. The zero-order valence-electron chi connectivity index (χ0n) is 20.4. The molecule has 2 amide bonds. The van der Waals surface area contributed by atoms with E-state index >= 15 is 0 Å². The summed E-state index contributed by atoms with van der Waals surface area (Å²) in [6.45, 7) is 0.611. The summed E-state index contributed by atoms with van der Waals surface area (Å²) >= 11 is 0. The fraction of sp³-hybridized carbons (Fsp3) is 0.103. The molecule has 3 aromatic carbocycles. The number of H-pyrrole nitrogens is 1. The number of carbonyl (C=O) groups is 2. The highest BCUT2D eigenvalue weighted by Crippen LogP contribution is 2.34. The van der Waals surface area contributed by atoms with Crippen LogP contribution >= 0.6 is 0 Å². The minimum atomic E-state index is -0.196. The van der Waals surface area contributed by atoms with E-state index in [9.17, 15) is 14.7 Å². The van der Waals surface area contributed by atoms with Crippen molar-refractivity contribution in [3.8, 4) is 0 Å². The normalized spacial score (nSPS) is 15.7. The van der Waals surface area contributed by atoms with Crippen LogP contribution in [0.1, 0.15) is 26.4 Å². The summed E-state index contributed by atoms with van der Waals surface area (Å²) < 4.78 is 0.466. The van der Waals surface area contributed by atoms with Crippen molar-refractivity contribution in [2.45, 2.75) is 0 Å². The minimum absolute atomic E-state index is 0.0614. The van der Waals surface area contributed by atoms with Crippen molar-refractivity contribution in [1.29, 1.82) is 0 Å². The molecule has 1 aromatic heterocycles. The third-order valence-electron chi connectivity index (χ3n) is 6.41. The van der Waals surface area contributed by atoms with Gasteiger partial charge in [0.1, 0.15) is 24.1 Å². The van der Waals surface area contributed by atoms with Gasteiger partial charge in [-0.1, -0.05) is 0 Å². The lowest BCUT2D eigenvalue weighted by Gasteiger charge is -2.26. The maximum Gasteiger partial charge on any atom is 0.272 e. The number of likely N-dealkylation sites (N-methyl/N-ethyl adjacent to an activating group) is 1. The van der Waals surface area contributed by atoms with Crippen molar-refractivity contribution in [3.05, 3.63) is 108 Å². The summed E-state index contributed by atoms with van der Waals surface area (Å²) in [7, 11) is 2.01. The third kappa shape index (κ3) is 5.30. The molecule has 0 saturated carbocycles. The van der Waals surface area contributed by atoms with Crippen molar-refractivity contribution in [2.24, 2.45) is 0 Å². The van der Waals surface area contributed by atoms with Crippen LogP contribution in [0.5, 0.6) is 0 Å². The van der Waals surface area contributed by atoms with Crippen LogP contribution in [0.2, 0.25) is 0 Å². The third-order valence-corrected chi connectivity index (χ3v) is 6.41. The van der Waals surface area contributed by atoms with Crippen LogP contribution in [-0.4, -0.2) is 42.1 Å². The Morgan fingerprint density at radius 3 is 2.05 bits per heavy atom. The number of quaternary nitrogens is 1. The number of rotatable bonds is 8. The molecule has 5 rings (SSSR count). The molecule has 0 spiro atoms. The van der Waals surface area contributed by atoms with Gasteiger partial charge in [-0.25, -0.2) is 0 Å². The summed E-state index contributed by atoms with van der Waals surface area (Å²) in [5.41, 5.74) is 6.23. The Morgan fingerprint density at radius 2 is 1.46 bits per heavy atom. The SMILES string of the molecule is C[N+]1(CCO)C=Cc2ccc(C(=O)Nc3ccc(Nc4ccc(NC(=O)c5ccc[nH]5)cc4)cc3)cc21. The summed E-state index contributed by atoms with van der Waals surface area (Å²) in [5, 5.41) is 18.5. The number of hydrogen-bond donors (Lipinski definition) is 5. The lowest BCUT2D eigenvalue weighted by Crippen LogP contribution is -2.40. The number of hydrogen-bond acceptors (Lipinski definition) is 4. The molecule has 1 aliphatic rings. The van der Waals surface area contributed by atoms with Crippen molar-refractivity contribution >= 4 is 46.3 Å². The molecular weight excluding hydrogens is 466 g/mol. The molecule has 0 fully saturated rings. The van der Waals surface area contributed by atoms with Gasteiger partial charge in [0.15, 0.2) is 0 Å². The Balaban J connectivity index is 1.19. The Bertz CT molecular complexity index is 1440. The highest BCUT2D eigenvalue weighted by atomic mass is 16.3. The predicted octanol–water partition coefficient (Wildman–Crippen LogP) is 5.18. The number of aliphatic hydroxyl groups is 1. The lowest BCUT2D eigenvalue weighted by atomic mass is 10.1. The molecule has 2 heterocycles. The molecule has 37 heavy (non-hydrogen) atoms. The van der Waals surface area contributed by atoms with E-state index in [0.29, 0.717) is 33.7 Å². The minimum Gasteiger partial charge on any atom is -0.390 e. The molecule has 1 aliphatic heterocycles. The highest BCUT2D eigenvalue weighted by molar-refractivity contribution is 6.05. The highest BCUT2D eigenvalue weighted by Gasteiger charge is 2.30. The number of anilines is 4. The van der Waals surface area contributed by atoms with Crippen molar-refractivity contribution in [2.75, 3.05) is 36.1 Å². The molecule has 0 radical (unpaired) electrons. The van der Waals surface area contributed by atoms with Gasteiger partial charge in [-0.3, -0.25) is 14.1 Å². The number of aliphatic hydroxyl groups excluding tert-OH is 1. The summed E-state index contributed by atoms with van der Waals surface area (Å²) in [4.78, 5) is 27.9. The fourth-order valence-electron chi connectivity index (χ4n) is 4.31. The molecule has 5 N–H and O–H groups in total. The Kier molecular flexibility index (Phi) is 6.59. The summed E-state index contributed by atoms with van der Waals surface area (Å²) in [6.07, 6.45) is 5.75. The zero-order valence-corrected chi connectivity index (χ0v) is 20.4. The molecule has 1 unspecified atom stereocenters. The average Bonchev–Trinajstić information content (AvgIpc) is 3.55. The number of benzene rings is 3. The lowest BCUT2D eigenvalue weighted by molar-refractivity contribution is 0.101. The zero-order chi connectivity index (χ0) is 25.8. The van der Waals surface area contributed by atoms with Gasteiger partial charge in [0.25, 0.3) is 11.8 Å². The number of aromatic nitrogens is 1. The van der Waals surface area contributed by atoms with Crippen LogP contribution in [0.15, 0.2) is 91.3 Å². The van der Waals surface area contributed by atoms with E-state index in [2.05, 4.69) is 20.9 Å². The Morgan fingerprint density at radius 1 is 0.838 bits per heavy atom. The topological polar surface area (TPSA) is 106 Å². The first-order valence-corrected chi connectivity index (χ1v) is 12.0. The quantitative estimate of drug-likeness (QED) is 0.218. The van der Waals surface area contributed by atoms with Crippen LogP contribution < -0.4 is 20.4 Å². The van der Waals surface area contributed by atoms with Crippen LogP contribution in [0.4, 0.5) is 28.4 Å². The Labute approximate surface area is 214 Å². The van der Waals surface area contributed by atoms with E-state index in [0.717, 1.165) is 22.6 Å². The molecule has 0 bridgehead atoms. The van der Waals surface area contributed by atoms with Crippen molar-refractivity contribution in [1.82, 2.24) is 9.47 Å². The fourth-order valence-corrected chi connectivity index (χ4v) is 4.31. The second-order valence-corrected chi connectivity index (χ2v) is 9.08. The Hall–Kier alpha value is -4.66. The molecule has 0 aliphatic carbocycles. The van der Waals surface area contributed by atoms with E-state index < -0.39 is 0 Å². The molecule has 8 nitrogen and oxygen atoms in total. The summed E-state index contributed by atoms with van der Waals surface area (Å²) in [5.74, 6) is -0.388. The summed E-state index contributed by atoms with van der Waals surface area (Å²) in [6, 6.07) is 24.0. The largest absolute Gasteiger partial charge is 0.390 e. The first kappa shape index (κ1) is 24.1. The maximum atomic E-state index is 12.9. The van der Waals surface area contributed by atoms with Crippen LogP contribution in [0.25, 0.3) is 6.08 Å². The van der Waals surface area contributed by atoms with E-state index in [1.165, 1.54) is 0 Å². The molecule has 1 atom stereocenters. The average molecular weight is 495 g/mol. The number of carbonyl (C=O) groups excluding carboxylic acids is 2.